The van der Waals surface area contributed by atoms with Gasteiger partial charge in [-0.15, -0.1) is 11.3 Å². The number of anilines is 1. The molecule has 1 amide bonds. The molecule has 0 saturated heterocycles. The van der Waals surface area contributed by atoms with E-state index in [1.54, 1.807) is 13.1 Å². The second-order valence-electron chi connectivity index (χ2n) is 3.78. The van der Waals surface area contributed by atoms with Crippen LogP contribution in [0.1, 0.15) is 23.5 Å². The van der Waals surface area contributed by atoms with Crippen molar-refractivity contribution in [2.75, 3.05) is 18.2 Å². The molecule has 0 atom stereocenters. The molecule has 1 N–H and O–H groups in total. The van der Waals surface area contributed by atoms with Crippen molar-refractivity contribution in [3.63, 3.8) is 0 Å². The van der Waals surface area contributed by atoms with Crippen LogP contribution in [0.2, 0.25) is 0 Å². The number of carbonyl (C=O) groups is 2. The van der Waals surface area contributed by atoms with Crippen molar-refractivity contribution < 1.29 is 14.3 Å². The second kappa shape index (κ2) is 6.19. The third kappa shape index (κ3) is 2.91. The summed E-state index contributed by atoms with van der Waals surface area (Å²) < 4.78 is 5.00. The van der Waals surface area contributed by atoms with Crippen LogP contribution in [-0.4, -0.2) is 34.7 Å². The van der Waals surface area contributed by atoms with Crippen LogP contribution in [0.25, 0.3) is 10.2 Å². The lowest BCUT2D eigenvalue weighted by atomic mass is 10.3. The molecule has 2 aromatic rings. The molecule has 0 aliphatic rings. The minimum Gasteiger partial charge on any atom is -0.462 e. The van der Waals surface area contributed by atoms with Crippen molar-refractivity contribution in [3.8, 4) is 0 Å². The maximum atomic E-state index is 12.0. The minimum atomic E-state index is -0.468. The SMILES string of the molecule is CCOC(=O)c1sc2nc(SC)ncc2c1NC(C)=O. The van der Waals surface area contributed by atoms with E-state index in [4.69, 9.17) is 4.74 Å². The molecule has 0 spiro atoms. The molecular weight excluding hydrogens is 298 g/mol. The number of hydrogen-bond donors (Lipinski definition) is 1. The Labute approximate surface area is 123 Å². The molecule has 0 fully saturated rings. The maximum Gasteiger partial charge on any atom is 0.350 e. The molecule has 0 radical (unpaired) electrons. The van der Waals surface area contributed by atoms with E-state index in [0.29, 0.717) is 25.9 Å². The summed E-state index contributed by atoms with van der Waals surface area (Å²) in [5.74, 6) is -0.728. The average Bonchev–Trinajstić information content (AvgIpc) is 2.76. The Morgan fingerprint density at radius 3 is 2.85 bits per heavy atom. The van der Waals surface area contributed by atoms with E-state index in [1.807, 2.05) is 6.26 Å². The lowest BCUT2D eigenvalue weighted by Crippen LogP contribution is -2.10. The van der Waals surface area contributed by atoms with Crippen LogP contribution in [0.3, 0.4) is 0 Å². The average molecular weight is 311 g/mol. The van der Waals surface area contributed by atoms with Crippen LogP contribution < -0.4 is 5.32 Å². The van der Waals surface area contributed by atoms with Gasteiger partial charge >= 0.3 is 5.97 Å². The Bertz CT molecular complexity index is 669. The summed E-state index contributed by atoms with van der Waals surface area (Å²) in [6, 6.07) is 0. The first-order valence-electron chi connectivity index (χ1n) is 5.85. The number of aromatic nitrogens is 2. The first-order valence-corrected chi connectivity index (χ1v) is 7.89. The van der Waals surface area contributed by atoms with Crippen molar-refractivity contribution in [3.05, 3.63) is 11.1 Å². The number of rotatable bonds is 4. The third-order valence-electron chi connectivity index (χ3n) is 2.37. The summed E-state index contributed by atoms with van der Waals surface area (Å²) in [6.07, 6.45) is 3.48. The van der Waals surface area contributed by atoms with Crippen LogP contribution in [0.5, 0.6) is 0 Å². The lowest BCUT2D eigenvalue weighted by molar-refractivity contribution is -0.114. The largest absolute Gasteiger partial charge is 0.462 e. The van der Waals surface area contributed by atoms with E-state index >= 15 is 0 Å². The van der Waals surface area contributed by atoms with Crippen molar-refractivity contribution in [1.29, 1.82) is 0 Å². The van der Waals surface area contributed by atoms with Gasteiger partial charge in [0, 0.05) is 13.1 Å². The Hall–Kier alpha value is -1.67. The fraction of sp³-hybridized carbons (Fsp3) is 0.333. The number of amides is 1. The molecule has 0 unspecified atom stereocenters. The Kier molecular flexibility index (Phi) is 4.56. The van der Waals surface area contributed by atoms with Gasteiger partial charge in [-0.05, 0) is 13.2 Å². The van der Waals surface area contributed by atoms with Crippen LogP contribution in [-0.2, 0) is 9.53 Å². The zero-order valence-electron chi connectivity index (χ0n) is 11.2. The van der Waals surface area contributed by atoms with E-state index < -0.39 is 5.97 Å². The number of carbonyl (C=O) groups excluding carboxylic acids is 2. The zero-order valence-corrected chi connectivity index (χ0v) is 12.9. The van der Waals surface area contributed by atoms with Gasteiger partial charge < -0.3 is 10.1 Å². The smallest absolute Gasteiger partial charge is 0.350 e. The fourth-order valence-corrected chi connectivity index (χ4v) is 3.00. The number of hydrogen-bond acceptors (Lipinski definition) is 7. The van der Waals surface area contributed by atoms with Crippen LogP contribution in [0, 0.1) is 0 Å². The van der Waals surface area contributed by atoms with Crippen LogP contribution in [0.4, 0.5) is 5.69 Å². The van der Waals surface area contributed by atoms with Crippen molar-refractivity contribution in [1.82, 2.24) is 9.97 Å². The third-order valence-corrected chi connectivity index (χ3v) is 4.01. The van der Waals surface area contributed by atoms with Gasteiger partial charge in [0.1, 0.15) is 9.71 Å². The monoisotopic (exact) mass is 311 g/mol. The molecule has 8 heteroatoms. The Balaban J connectivity index is 2.58. The number of nitrogens with one attached hydrogen (secondary N) is 1. The van der Waals surface area contributed by atoms with E-state index in [0.717, 1.165) is 0 Å². The quantitative estimate of drug-likeness (QED) is 0.531. The van der Waals surface area contributed by atoms with Crippen molar-refractivity contribution >= 4 is 50.9 Å². The highest BCUT2D eigenvalue weighted by Crippen LogP contribution is 2.35. The van der Waals surface area contributed by atoms with Gasteiger partial charge in [0.2, 0.25) is 5.91 Å². The molecule has 2 heterocycles. The van der Waals surface area contributed by atoms with Gasteiger partial charge in [-0.1, -0.05) is 11.8 Å². The molecule has 2 aromatic heterocycles. The molecule has 0 bridgehead atoms. The van der Waals surface area contributed by atoms with Gasteiger partial charge in [-0.2, -0.15) is 0 Å². The van der Waals surface area contributed by atoms with E-state index in [1.165, 1.54) is 30.0 Å². The summed E-state index contributed by atoms with van der Waals surface area (Å²) in [6.45, 7) is 3.39. The molecule has 106 valence electrons. The number of ether oxygens (including phenoxy) is 1. The Morgan fingerprint density at radius 2 is 2.25 bits per heavy atom. The summed E-state index contributed by atoms with van der Waals surface area (Å²) in [5, 5.41) is 3.92. The summed E-state index contributed by atoms with van der Waals surface area (Å²) in [4.78, 5) is 32.8. The van der Waals surface area contributed by atoms with Crippen molar-refractivity contribution in [2.24, 2.45) is 0 Å². The molecule has 20 heavy (non-hydrogen) atoms. The van der Waals surface area contributed by atoms with Gasteiger partial charge in [-0.3, -0.25) is 4.79 Å². The number of fused-ring (bicyclic) bond motifs is 1. The predicted octanol–water partition coefficient (Wildman–Crippen LogP) is 2.55. The zero-order chi connectivity index (χ0) is 14.7. The van der Waals surface area contributed by atoms with E-state index in [9.17, 15) is 9.59 Å². The number of thioether (sulfide) groups is 1. The lowest BCUT2D eigenvalue weighted by Gasteiger charge is -2.04. The molecule has 0 aliphatic heterocycles. The highest BCUT2D eigenvalue weighted by Gasteiger charge is 2.21. The molecule has 0 aliphatic carbocycles. The minimum absolute atomic E-state index is 0.260. The fourth-order valence-electron chi connectivity index (χ4n) is 1.61. The standard InChI is InChI=1S/C12H13N3O3S2/c1-4-18-11(17)9-8(14-6(2)16)7-5-13-12(19-3)15-10(7)20-9/h5H,4H2,1-3H3,(H,14,16). The Morgan fingerprint density at radius 1 is 1.50 bits per heavy atom. The summed E-state index contributed by atoms with van der Waals surface area (Å²) in [7, 11) is 0. The van der Waals surface area contributed by atoms with Gasteiger partial charge in [-0.25, -0.2) is 14.8 Å². The van der Waals surface area contributed by atoms with E-state index in [-0.39, 0.29) is 12.5 Å². The first kappa shape index (κ1) is 14.7. The molecule has 2 rings (SSSR count). The van der Waals surface area contributed by atoms with Crippen molar-refractivity contribution in [2.45, 2.75) is 19.0 Å². The number of esters is 1. The highest BCUT2D eigenvalue weighted by molar-refractivity contribution is 7.98. The molecule has 0 saturated carbocycles. The molecule has 0 aromatic carbocycles. The van der Waals surface area contributed by atoms with E-state index in [2.05, 4.69) is 15.3 Å². The number of thiophene rings is 1. The molecular formula is C12H13N3O3S2. The highest BCUT2D eigenvalue weighted by atomic mass is 32.2. The van der Waals surface area contributed by atoms with Crippen LogP contribution >= 0.6 is 23.1 Å². The van der Waals surface area contributed by atoms with Crippen LogP contribution in [0.15, 0.2) is 11.4 Å². The summed E-state index contributed by atoms with van der Waals surface area (Å²) in [5.41, 5.74) is 0.420. The predicted molar refractivity (Wildman–Crippen MR) is 79.5 cm³/mol. The summed E-state index contributed by atoms with van der Waals surface area (Å²) >= 11 is 2.60. The number of nitrogens with zero attached hydrogens (tertiary/aromatic N) is 2. The normalized spacial score (nSPS) is 10.6. The van der Waals surface area contributed by atoms with Gasteiger partial charge in [0.25, 0.3) is 0 Å². The van der Waals surface area contributed by atoms with Gasteiger partial charge in [0.05, 0.1) is 17.7 Å². The second-order valence-corrected chi connectivity index (χ2v) is 5.56. The molecule has 6 nitrogen and oxygen atoms in total. The first-order chi connectivity index (χ1) is 9.56. The van der Waals surface area contributed by atoms with Gasteiger partial charge in [0.15, 0.2) is 5.16 Å². The topological polar surface area (TPSA) is 81.2 Å². The maximum absolute atomic E-state index is 12.0.